The van der Waals surface area contributed by atoms with Crippen LogP contribution in [0.25, 0.3) is 0 Å². The lowest BCUT2D eigenvalue weighted by molar-refractivity contribution is -0.137. The van der Waals surface area contributed by atoms with Gasteiger partial charge >= 0.3 is 6.18 Å². The standard InChI is InChI=1S/C20H24ClF3N2/c1-13-6-5-11-19(3,4)16(13)9-7-14(2)25-26-18-12-15(20(22,23)24)8-10-17(18)21/h6-10,12,16,26H,5,11H2,1-4H3/b9-7+,25-14-/t16-/m1/s1. The first-order chi connectivity index (χ1) is 12.0. The van der Waals surface area contributed by atoms with Gasteiger partial charge in [0.15, 0.2) is 0 Å². The summed E-state index contributed by atoms with van der Waals surface area (Å²) in [5.74, 6) is 0.318. The fourth-order valence-electron chi connectivity index (χ4n) is 3.19. The lowest BCUT2D eigenvalue weighted by Gasteiger charge is -2.36. The molecular weight excluding hydrogens is 361 g/mol. The highest BCUT2D eigenvalue weighted by Crippen LogP contribution is 2.41. The molecule has 142 valence electrons. The van der Waals surface area contributed by atoms with Crippen LogP contribution in [0.1, 0.15) is 46.1 Å². The molecule has 26 heavy (non-hydrogen) atoms. The van der Waals surface area contributed by atoms with Gasteiger partial charge < -0.3 is 0 Å². The number of hydrazone groups is 1. The maximum Gasteiger partial charge on any atom is 0.416 e. The Bertz CT molecular complexity index is 746. The first kappa shape index (κ1) is 20.6. The quantitative estimate of drug-likeness (QED) is 0.334. The van der Waals surface area contributed by atoms with Gasteiger partial charge in [0.05, 0.1) is 22.0 Å². The van der Waals surface area contributed by atoms with Crippen molar-refractivity contribution in [3.63, 3.8) is 0 Å². The topological polar surface area (TPSA) is 24.4 Å². The summed E-state index contributed by atoms with van der Waals surface area (Å²) in [5, 5.41) is 4.33. The van der Waals surface area contributed by atoms with E-state index in [9.17, 15) is 13.2 Å². The van der Waals surface area contributed by atoms with Crippen molar-refractivity contribution in [3.05, 3.63) is 52.6 Å². The Hall–Kier alpha value is -1.75. The average Bonchev–Trinajstić information content (AvgIpc) is 2.51. The molecule has 0 saturated heterocycles. The number of rotatable bonds is 4. The van der Waals surface area contributed by atoms with Crippen LogP contribution in [0.3, 0.4) is 0 Å². The second-order valence-electron chi connectivity index (χ2n) is 7.37. The molecule has 0 heterocycles. The van der Waals surface area contributed by atoms with E-state index in [-0.39, 0.29) is 16.1 Å². The summed E-state index contributed by atoms with van der Waals surface area (Å²) in [6.45, 7) is 8.40. The molecular formula is C20H24ClF3N2. The van der Waals surface area contributed by atoms with Crippen molar-refractivity contribution in [1.82, 2.24) is 0 Å². The number of allylic oxidation sites excluding steroid dienone is 4. The van der Waals surface area contributed by atoms with Gasteiger partial charge in [0.2, 0.25) is 0 Å². The second kappa shape index (κ2) is 7.87. The number of nitrogens with zero attached hydrogens (tertiary/aromatic N) is 1. The Morgan fingerprint density at radius 3 is 2.65 bits per heavy atom. The monoisotopic (exact) mass is 384 g/mol. The SMILES string of the molecule is CC1=CCCC(C)(C)[C@@H]1/C=C/C(C)=N\Nc1cc(C(F)(F)F)ccc1Cl. The lowest BCUT2D eigenvalue weighted by Crippen LogP contribution is -2.26. The molecule has 1 aromatic rings. The van der Waals surface area contributed by atoms with Crippen molar-refractivity contribution >= 4 is 23.0 Å². The van der Waals surface area contributed by atoms with Gasteiger partial charge in [-0.3, -0.25) is 5.43 Å². The highest BCUT2D eigenvalue weighted by molar-refractivity contribution is 6.33. The Kier molecular flexibility index (Phi) is 6.22. The van der Waals surface area contributed by atoms with Gasteiger partial charge in [0.25, 0.3) is 0 Å². The van der Waals surface area contributed by atoms with Crippen molar-refractivity contribution in [3.8, 4) is 0 Å². The van der Waals surface area contributed by atoms with Crippen molar-refractivity contribution in [2.45, 2.75) is 46.7 Å². The van der Waals surface area contributed by atoms with Crippen LogP contribution in [0.5, 0.6) is 0 Å². The molecule has 2 rings (SSSR count). The van der Waals surface area contributed by atoms with Crippen molar-refractivity contribution in [1.29, 1.82) is 0 Å². The molecule has 1 aromatic carbocycles. The second-order valence-corrected chi connectivity index (χ2v) is 7.78. The fraction of sp³-hybridized carbons (Fsp3) is 0.450. The Labute approximate surface area is 157 Å². The average molecular weight is 385 g/mol. The van der Waals surface area contributed by atoms with E-state index in [1.807, 2.05) is 6.08 Å². The molecule has 2 nitrogen and oxygen atoms in total. The van der Waals surface area contributed by atoms with E-state index in [0.717, 1.165) is 25.0 Å². The molecule has 1 aliphatic rings. The van der Waals surface area contributed by atoms with Gasteiger partial charge in [0, 0.05) is 5.92 Å². The van der Waals surface area contributed by atoms with Gasteiger partial charge in [-0.05, 0) is 56.4 Å². The molecule has 0 bridgehead atoms. The Morgan fingerprint density at radius 1 is 1.35 bits per heavy atom. The van der Waals surface area contributed by atoms with Gasteiger partial charge in [0.1, 0.15) is 0 Å². The third kappa shape index (κ3) is 5.13. The molecule has 0 spiro atoms. The summed E-state index contributed by atoms with van der Waals surface area (Å²) in [7, 11) is 0. The number of nitrogens with one attached hydrogen (secondary N) is 1. The van der Waals surface area contributed by atoms with Crippen LogP contribution in [-0.4, -0.2) is 5.71 Å². The van der Waals surface area contributed by atoms with E-state index in [2.05, 4.69) is 43.5 Å². The van der Waals surface area contributed by atoms with Crippen LogP contribution in [0.2, 0.25) is 5.02 Å². The third-order valence-corrected chi connectivity index (χ3v) is 5.09. The molecule has 6 heteroatoms. The zero-order chi connectivity index (χ0) is 19.5. The number of halogens is 4. The Morgan fingerprint density at radius 2 is 2.04 bits per heavy atom. The minimum absolute atomic E-state index is 0.128. The normalized spacial score (nSPS) is 21.0. The van der Waals surface area contributed by atoms with Gasteiger partial charge in [-0.2, -0.15) is 18.3 Å². The molecule has 0 fully saturated rings. The molecule has 0 amide bonds. The summed E-state index contributed by atoms with van der Waals surface area (Å²) < 4.78 is 38.4. The van der Waals surface area contributed by atoms with E-state index in [1.165, 1.54) is 11.6 Å². The van der Waals surface area contributed by atoms with Crippen LogP contribution >= 0.6 is 11.6 Å². The maximum absolute atomic E-state index is 12.8. The Balaban J connectivity index is 2.14. The summed E-state index contributed by atoms with van der Waals surface area (Å²) in [4.78, 5) is 0. The molecule has 1 N–H and O–H groups in total. The number of benzene rings is 1. The molecule has 1 aliphatic carbocycles. The smallest absolute Gasteiger partial charge is 0.277 e. The summed E-state index contributed by atoms with van der Waals surface area (Å²) in [6.07, 6.45) is 4.05. The minimum Gasteiger partial charge on any atom is -0.277 e. The van der Waals surface area contributed by atoms with Crippen molar-refractivity contribution in [2.75, 3.05) is 5.43 Å². The number of hydrogen-bond donors (Lipinski definition) is 1. The van der Waals surface area contributed by atoms with E-state index in [1.54, 1.807) is 6.92 Å². The number of hydrogen-bond acceptors (Lipinski definition) is 2. The fourth-order valence-corrected chi connectivity index (χ4v) is 3.35. The number of alkyl halides is 3. The molecule has 0 saturated carbocycles. The summed E-state index contributed by atoms with van der Waals surface area (Å²) in [6, 6.07) is 3.12. The van der Waals surface area contributed by atoms with Crippen LogP contribution in [0, 0.1) is 11.3 Å². The molecule has 0 unspecified atom stereocenters. The zero-order valence-corrected chi connectivity index (χ0v) is 16.2. The molecule has 1 atom stereocenters. The van der Waals surface area contributed by atoms with E-state index in [4.69, 9.17) is 11.6 Å². The number of anilines is 1. The lowest BCUT2D eigenvalue weighted by atomic mass is 9.68. The molecule has 0 radical (unpaired) electrons. The van der Waals surface area contributed by atoms with Gasteiger partial charge in [-0.1, -0.05) is 43.2 Å². The van der Waals surface area contributed by atoms with E-state index < -0.39 is 11.7 Å². The molecule has 0 aliphatic heterocycles. The van der Waals surface area contributed by atoms with E-state index >= 15 is 0 Å². The predicted molar refractivity (Wildman–Crippen MR) is 103 cm³/mol. The molecule has 0 aromatic heterocycles. The van der Waals surface area contributed by atoms with Crippen LogP contribution in [0.15, 0.2) is 47.1 Å². The summed E-state index contributed by atoms with van der Waals surface area (Å²) in [5.41, 5.74) is 4.16. The van der Waals surface area contributed by atoms with Crippen LogP contribution in [-0.2, 0) is 6.18 Å². The predicted octanol–water partition coefficient (Wildman–Crippen LogP) is 7.09. The first-order valence-corrected chi connectivity index (χ1v) is 8.90. The maximum atomic E-state index is 12.8. The summed E-state index contributed by atoms with van der Waals surface area (Å²) >= 11 is 5.96. The zero-order valence-electron chi connectivity index (χ0n) is 15.4. The highest BCUT2D eigenvalue weighted by atomic mass is 35.5. The van der Waals surface area contributed by atoms with Crippen LogP contribution < -0.4 is 5.43 Å². The third-order valence-electron chi connectivity index (χ3n) is 4.76. The highest BCUT2D eigenvalue weighted by Gasteiger charge is 2.31. The van der Waals surface area contributed by atoms with Crippen LogP contribution in [0.4, 0.5) is 18.9 Å². The van der Waals surface area contributed by atoms with Crippen molar-refractivity contribution < 1.29 is 13.2 Å². The van der Waals surface area contributed by atoms with Crippen molar-refractivity contribution in [2.24, 2.45) is 16.4 Å². The largest absolute Gasteiger partial charge is 0.416 e. The minimum atomic E-state index is -4.42. The first-order valence-electron chi connectivity index (χ1n) is 8.52. The van der Waals surface area contributed by atoms with Gasteiger partial charge in [-0.15, -0.1) is 0 Å². The van der Waals surface area contributed by atoms with Gasteiger partial charge in [-0.25, -0.2) is 0 Å². The van der Waals surface area contributed by atoms with E-state index in [0.29, 0.717) is 11.6 Å².